The van der Waals surface area contributed by atoms with Crippen LogP contribution in [0.5, 0.6) is 0 Å². The number of benzene rings is 1. The Balaban J connectivity index is 2.17. The topological polar surface area (TPSA) is 66.8 Å². The number of hydrogen-bond acceptors (Lipinski definition) is 4. The average molecular weight is 252 g/mol. The van der Waals surface area contributed by atoms with Crippen molar-refractivity contribution in [2.45, 2.75) is 38.6 Å². The standard InChI is InChI=1S/C14H20O4/c1-11(15)7-13(16)8-14(17)10-18-9-12-5-3-2-4-6-12/h2-6,13-14,16-17H,7-10H2,1H3. The van der Waals surface area contributed by atoms with Gasteiger partial charge in [0.2, 0.25) is 0 Å². The summed E-state index contributed by atoms with van der Waals surface area (Å²) in [6.45, 7) is 2.01. The Bertz CT molecular complexity index is 350. The van der Waals surface area contributed by atoms with Gasteiger partial charge in [-0.1, -0.05) is 30.3 Å². The molecule has 0 aliphatic carbocycles. The number of carbonyl (C=O) groups excluding carboxylic acids is 1. The summed E-state index contributed by atoms with van der Waals surface area (Å²) in [5, 5.41) is 19.1. The normalized spacial score (nSPS) is 14.2. The molecule has 0 saturated carbocycles. The van der Waals surface area contributed by atoms with Gasteiger partial charge in [-0.2, -0.15) is 0 Å². The maximum Gasteiger partial charge on any atom is 0.132 e. The van der Waals surface area contributed by atoms with Gasteiger partial charge in [0.15, 0.2) is 0 Å². The molecule has 0 amide bonds. The molecule has 4 heteroatoms. The van der Waals surface area contributed by atoms with Crippen LogP contribution in [0.15, 0.2) is 30.3 Å². The fourth-order valence-corrected chi connectivity index (χ4v) is 1.68. The van der Waals surface area contributed by atoms with Gasteiger partial charge in [-0.25, -0.2) is 0 Å². The van der Waals surface area contributed by atoms with E-state index in [0.29, 0.717) is 6.61 Å². The molecule has 0 radical (unpaired) electrons. The Kier molecular flexibility index (Phi) is 6.57. The number of rotatable bonds is 8. The van der Waals surface area contributed by atoms with Crippen LogP contribution in [0.1, 0.15) is 25.3 Å². The Morgan fingerprint density at radius 3 is 2.50 bits per heavy atom. The minimum absolute atomic E-state index is 0.0791. The van der Waals surface area contributed by atoms with Crippen LogP contribution in [-0.2, 0) is 16.1 Å². The lowest BCUT2D eigenvalue weighted by molar-refractivity contribution is -0.119. The average Bonchev–Trinajstić information content (AvgIpc) is 2.29. The van der Waals surface area contributed by atoms with Crippen LogP contribution in [0.3, 0.4) is 0 Å². The van der Waals surface area contributed by atoms with Gasteiger partial charge in [0, 0.05) is 12.8 Å². The fourth-order valence-electron chi connectivity index (χ4n) is 1.68. The van der Waals surface area contributed by atoms with E-state index in [1.165, 1.54) is 6.92 Å². The highest BCUT2D eigenvalue weighted by Gasteiger charge is 2.13. The molecule has 1 rings (SSSR count). The molecule has 1 aromatic carbocycles. The lowest BCUT2D eigenvalue weighted by Gasteiger charge is -2.14. The van der Waals surface area contributed by atoms with E-state index in [-0.39, 0.29) is 25.2 Å². The monoisotopic (exact) mass is 252 g/mol. The zero-order valence-corrected chi connectivity index (χ0v) is 10.6. The molecule has 2 N–H and O–H groups in total. The molecule has 2 unspecified atom stereocenters. The van der Waals surface area contributed by atoms with Crippen LogP contribution >= 0.6 is 0 Å². The first-order chi connectivity index (χ1) is 8.58. The fraction of sp³-hybridized carbons (Fsp3) is 0.500. The van der Waals surface area contributed by atoms with Crippen molar-refractivity contribution in [3.05, 3.63) is 35.9 Å². The first-order valence-electron chi connectivity index (χ1n) is 6.05. The van der Waals surface area contributed by atoms with Crippen LogP contribution in [0.4, 0.5) is 0 Å². The zero-order chi connectivity index (χ0) is 13.4. The highest BCUT2D eigenvalue weighted by Crippen LogP contribution is 2.06. The molecular formula is C14H20O4. The Labute approximate surface area is 107 Å². The van der Waals surface area contributed by atoms with Crippen molar-refractivity contribution >= 4 is 5.78 Å². The van der Waals surface area contributed by atoms with Crippen molar-refractivity contribution < 1.29 is 19.7 Å². The lowest BCUT2D eigenvalue weighted by atomic mass is 10.1. The van der Waals surface area contributed by atoms with Crippen LogP contribution in [-0.4, -0.2) is 34.8 Å². The highest BCUT2D eigenvalue weighted by molar-refractivity contribution is 5.75. The van der Waals surface area contributed by atoms with Crippen molar-refractivity contribution in [2.24, 2.45) is 0 Å². The molecule has 0 spiro atoms. The third-order valence-corrected chi connectivity index (χ3v) is 2.49. The largest absolute Gasteiger partial charge is 0.393 e. The summed E-state index contributed by atoms with van der Waals surface area (Å²) < 4.78 is 5.34. The summed E-state index contributed by atoms with van der Waals surface area (Å²) in [4.78, 5) is 10.8. The Morgan fingerprint density at radius 1 is 1.22 bits per heavy atom. The third-order valence-electron chi connectivity index (χ3n) is 2.49. The van der Waals surface area contributed by atoms with Crippen molar-refractivity contribution in [3.8, 4) is 0 Å². The lowest BCUT2D eigenvalue weighted by Crippen LogP contribution is -2.23. The third kappa shape index (κ3) is 6.49. The molecule has 0 saturated heterocycles. The minimum Gasteiger partial charge on any atom is -0.393 e. The van der Waals surface area contributed by atoms with Gasteiger partial charge in [0.25, 0.3) is 0 Å². The van der Waals surface area contributed by atoms with Gasteiger partial charge in [0.05, 0.1) is 25.4 Å². The van der Waals surface area contributed by atoms with E-state index in [1.54, 1.807) is 0 Å². The minimum atomic E-state index is -0.794. The molecule has 0 aliphatic rings. The summed E-state index contributed by atoms with van der Waals surface area (Å²) in [7, 11) is 0. The number of ketones is 1. The van der Waals surface area contributed by atoms with E-state index in [4.69, 9.17) is 4.74 Å². The van der Waals surface area contributed by atoms with Gasteiger partial charge in [0.1, 0.15) is 5.78 Å². The van der Waals surface area contributed by atoms with Crippen LogP contribution in [0.2, 0.25) is 0 Å². The van der Waals surface area contributed by atoms with E-state index >= 15 is 0 Å². The number of Topliss-reactive ketones (excluding diaryl/α,β-unsaturated/α-hetero) is 1. The summed E-state index contributed by atoms with van der Waals surface area (Å²) in [6.07, 6.45) is -1.30. The van der Waals surface area contributed by atoms with E-state index < -0.39 is 12.2 Å². The molecule has 100 valence electrons. The molecule has 1 aromatic rings. The molecule has 0 bridgehead atoms. The predicted octanol–water partition coefficient (Wildman–Crippen LogP) is 1.29. The smallest absolute Gasteiger partial charge is 0.132 e. The maximum atomic E-state index is 10.8. The Morgan fingerprint density at radius 2 is 1.89 bits per heavy atom. The van der Waals surface area contributed by atoms with E-state index in [0.717, 1.165) is 5.56 Å². The van der Waals surface area contributed by atoms with Gasteiger partial charge >= 0.3 is 0 Å². The predicted molar refractivity (Wildman–Crippen MR) is 68.0 cm³/mol. The highest BCUT2D eigenvalue weighted by atomic mass is 16.5. The maximum absolute atomic E-state index is 10.8. The van der Waals surface area contributed by atoms with Crippen molar-refractivity contribution in [2.75, 3.05) is 6.61 Å². The van der Waals surface area contributed by atoms with Crippen LogP contribution in [0, 0.1) is 0 Å². The molecular weight excluding hydrogens is 232 g/mol. The van der Waals surface area contributed by atoms with Gasteiger partial charge in [-0.3, -0.25) is 4.79 Å². The van der Waals surface area contributed by atoms with E-state index in [9.17, 15) is 15.0 Å². The number of hydrogen-bond donors (Lipinski definition) is 2. The molecule has 0 heterocycles. The quantitative estimate of drug-likeness (QED) is 0.731. The van der Waals surface area contributed by atoms with Crippen molar-refractivity contribution in [1.29, 1.82) is 0 Å². The molecule has 0 aromatic heterocycles. The second kappa shape index (κ2) is 7.97. The summed E-state index contributed by atoms with van der Waals surface area (Å²) >= 11 is 0. The van der Waals surface area contributed by atoms with Crippen molar-refractivity contribution in [1.82, 2.24) is 0 Å². The molecule has 2 atom stereocenters. The van der Waals surface area contributed by atoms with Gasteiger partial charge in [-0.05, 0) is 12.5 Å². The first-order valence-corrected chi connectivity index (χ1v) is 6.05. The summed E-state index contributed by atoms with van der Waals surface area (Å²) in [6, 6.07) is 9.65. The second-order valence-corrected chi connectivity index (χ2v) is 4.45. The number of aliphatic hydroxyl groups excluding tert-OH is 2. The second-order valence-electron chi connectivity index (χ2n) is 4.45. The number of ether oxygens (including phenoxy) is 1. The number of carbonyl (C=O) groups is 1. The van der Waals surface area contributed by atoms with Crippen molar-refractivity contribution in [3.63, 3.8) is 0 Å². The molecule has 0 fully saturated rings. The molecule has 18 heavy (non-hydrogen) atoms. The van der Waals surface area contributed by atoms with Crippen LogP contribution < -0.4 is 0 Å². The summed E-state index contributed by atoms with van der Waals surface area (Å²) in [5.41, 5.74) is 1.04. The summed E-state index contributed by atoms with van der Waals surface area (Å²) in [5.74, 6) is -0.0834. The first kappa shape index (κ1) is 14.8. The van der Waals surface area contributed by atoms with E-state index in [1.807, 2.05) is 30.3 Å². The Hall–Kier alpha value is -1.23. The van der Waals surface area contributed by atoms with Gasteiger partial charge < -0.3 is 14.9 Å². The van der Waals surface area contributed by atoms with E-state index in [2.05, 4.69) is 0 Å². The number of aliphatic hydroxyl groups is 2. The van der Waals surface area contributed by atoms with Crippen LogP contribution in [0.25, 0.3) is 0 Å². The SMILES string of the molecule is CC(=O)CC(O)CC(O)COCc1ccccc1. The molecule has 0 aliphatic heterocycles. The van der Waals surface area contributed by atoms with Gasteiger partial charge in [-0.15, -0.1) is 0 Å². The molecule has 4 nitrogen and oxygen atoms in total. The zero-order valence-electron chi connectivity index (χ0n) is 10.6.